The molecule has 4 bridgehead atoms. The summed E-state index contributed by atoms with van der Waals surface area (Å²) in [5, 5.41) is 7.38. The highest BCUT2D eigenvalue weighted by Gasteiger charge is 2.54. The van der Waals surface area contributed by atoms with Crippen molar-refractivity contribution < 1.29 is 18.4 Å². The number of carbonyl (C=O) groups excluding carboxylic acids is 1. The Labute approximate surface area is 182 Å². The van der Waals surface area contributed by atoms with Crippen LogP contribution in [0.15, 0.2) is 28.8 Å². The molecule has 1 N–H and O–H groups in total. The van der Waals surface area contributed by atoms with Crippen LogP contribution in [-0.2, 0) is 6.61 Å². The lowest BCUT2D eigenvalue weighted by atomic mass is 9.47. The van der Waals surface area contributed by atoms with Crippen molar-refractivity contribution in [3.05, 3.63) is 47.1 Å². The van der Waals surface area contributed by atoms with E-state index in [9.17, 15) is 9.18 Å². The third-order valence-electron chi connectivity index (χ3n) is 7.93. The molecule has 31 heavy (non-hydrogen) atoms. The number of ether oxygens (including phenoxy) is 1. The fraction of sp³-hybridized carbons (Fsp3) is 0.600. The average molecular weight is 427 g/mol. The minimum Gasteiger partial charge on any atom is -0.489 e. The fourth-order valence-corrected chi connectivity index (χ4v) is 6.95. The van der Waals surface area contributed by atoms with Crippen molar-refractivity contribution in [1.29, 1.82) is 0 Å². The Morgan fingerprint density at radius 3 is 2.39 bits per heavy atom. The molecule has 6 rings (SSSR count). The summed E-state index contributed by atoms with van der Waals surface area (Å²) in [4.78, 5) is 13.3. The number of aryl methyl sites for hydroxylation is 1. The van der Waals surface area contributed by atoms with Crippen LogP contribution in [-0.4, -0.2) is 17.1 Å². The van der Waals surface area contributed by atoms with Crippen LogP contribution in [0.5, 0.6) is 5.75 Å². The Hall–Kier alpha value is -2.37. The Morgan fingerprint density at radius 1 is 1.19 bits per heavy atom. The topological polar surface area (TPSA) is 64.4 Å². The molecule has 1 amide bonds. The lowest BCUT2D eigenvalue weighted by Crippen LogP contribution is -2.56. The van der Waals surface area contributed by atoms with Crippen molar-refractivity contribution >= 4 is 5.91 Å². The number of hydrogen-bond acceptors (Lipinski definition) is 4. The van der Waals surface area contributed by atoms with Crippen molar-refractivity contribution in [2.45, 2.75) is 71.4 Å². The first-order valence-corrected chi connectivity index (χ1v) is 11.6. The molecule has 0 saturated heterocycles. The Balaban J connectivity index is 1.30. The van der Waals surface area contributed by atoms with Gasteiger partial charge in [-0.05, 0) is 99.3 Å². The van der Waals surface area contributed by atoms with E-state index >= 15 is 0 Å². The molecule has 0 aliphatic heterocycles. The molecule has 2 aromatic rings. The second kappa shape index (κ2) is 7.95. The zero-order valence-electron chi connectivity index (χ0n) is 18.3. The number of benzene rings is 1. The molecule has 0 spiro atoms. The summed E-state index contributed by atoms with van der Waals surface area (Å²) in [6.45, 7) is 4.11. The molecule has 4 fully saturated rings. The predicted molar refractivity (Wildman–Crippen MR) is 114 cm³/mol. The van der Waals surface area contributed by atoms with E-state index in [1.165, 1.54) is 50.7 Å². The molecule has 1 aromatic heterocycles. The lowest BCUT2D eigenvalue weighted by molar-refractivity contribution is -0.0727. The molecular weight excluding hydrogens is 395 g/mol. The minimum absolute atomic E-state index is 0.151. The van der Waals surface area contributed by atoms with E-state index in [0.717, 1.165) is 24.2 Å². The van der Waals surface area contributed by atoms with E-state index in [-0.39, 0.29) is 29.8 Å². The van der Waals surface area contributed by atoms with E-state index in [4.69, 9.17) is 9.26 Å². The van der Waals surface area contributed by atoms with E-state index in [0.29, 0.717) is 22.8 Å². The van der Waals surface area contributed by atoms with Crippen LogP contribution in [0.25, 0.3) is 0 Å². The van der Waals surface area contributed by atoms with Crippen molar-refractivity contribution in [1.82, 2.24) is 10.5 Å². The second-order valence-electron chi connectivity index (χ2n) is 10.0. The first-order chi connectivity index (χ1) is 15.0. The van der Waals surface area contributed by atoms with Gasteiger partial charge < -0.3 is 14.6 Å². The predicted octanol–water partition coefficient (Wildman–Crippen LogP) is 5.43. The van der Waals surface area contributed by atoms with Crippen LogP contribution in [0.4, 0.5) is 4.39 Å². The summed E-state index contributed by atoms with van der Waals surface area (Å²) in [6.07, 6.45) is 8.82. The zero-order chi connectivity index (χ0) is 21.6. The number of carbonyl (C=O) groups is 1. The number of halogens is 1. The molecule has 0 radical (unpaired) electrons. The summed E-state index contributed by atoms with van der Waals surface area (Å²) in [6, 6.07) is 5.99. The number of nitrogens with one attached hydrogen (secondary N) is 1. The zero-order valence-corrected chi connectivity index (χ0v) is 18.3. The maximum atomic E-state index is 13.3. The Bertz CT molecular complexity index is 917. The normalized spacial score (nSPS) is 29.7. The first-order valence-electron chi connectivity index (χ1n) is 11.6. The molecule has 4 aliphatic carbocycles. The highest BCUT2D eigenvalue weighted by molar-refractivity contribution is 5.94. The van der Waals surface area contributed by atoms with Gasteiger partial charge >= 0.3 is 0 Å². The summed E-state index contributed by atoms with van der Waals surface area (Å²) >= 11 is 0. The molecule has 6 heteroatoms. The summed E-state index contributed by atoms with van der Waals surface area (Å²) in [5.74, 6) is 3.12. The van der Waals surface area contributed by atoms with Crippen molar-refractivity contribution in [2.75, 3.05) is 0 Å². The molecule has 1 aromatic carbocycles. The van der Waals surface area contributed by atoms with Crippen LogP contribution in [0.2, 0.25) is 0 Å². The number of rotatable bonds is 7. The maximum absolute atomic E-state index is 13.3. The van der Waals surface area contributed by atoms with Gasteiger partial charge in [0.15, 0.2) is 5.69 Å². The van der Waals surface area contributed by atoms with Gasteiger partial charge in [0, 0.05) is 6.04 Å². The van der Waals surface area contributed by atoms with Crippen LogP contribution in [0.3, 0.4) is 0 Å². The SMILES string of the molecule is CCC(NC(=O)c1noc(C)c1COc1ccc(F)cc1)C12CC3CC(CC(C3)C1)C2. The summed E-state index contributed by atoms with van der Waals surface area (Å²) < 4.78 is 24.2. The molecule has 4 aliphatic rings. The van der Waals surface area contributed by atoms with Crippen LogP contribution < -0.4 is 10.1 Å². The van der Waals surface area contributed by atoms with E-state index < -0.39 is 0 Å². The summed E-state index contributed by atoms with van der Waals surface area (Å²) in [7, 11) is 0. The minimum atomic E-state index is -0.316. The monoisotopic (exact) mass is 426 g/mol. The van der Waals surface area contributed by atoms with Gasteiger partial charge in [0.2, 0.25) is 0 Å². The van der Waals surface area contributed by atoms with Crippen LogP contribution in [0, 0.1) is 35.9 Å². The number of nitrogens with zero attached hydrogens (tertiary/aromatic N) is 1. The fourth-order valence-electron chi connectivity index (χ4n) is 6.95. The van der Waals surface area contributed by atoms with Gasteiger partial charge in [-0.3, -0.25) is 4.79 Å². The van der Waals surface area contributed by atoms with E-state index in [1.807, 2.05) is 0 Å². The maximum Gasteiger partial charge on any atom is 0.274 e. The van der Waals surface area contributed by atoms with Gasteiger partial charge in [-0.25, -0.2) is 4.39 Å². The Morgan fingerprint density at radius 2 is 1.81 bits per heavy atom. The highest BCUT2D eigenvalue weighted by Crippen LogP contribution is 2.61. The third kappa shape index (κ3) is 3.85. The summed E-state index contributed by atoms with van der Waals surface area (Å²) in [5.41, 5.74) is 1.17. The quantitative estimate of drug-likeness (QED) is 0.642. The molecule has 1 heterocycles. The molecule has 1 atom stereocenters. The van der Waals surface area contributed by atoms with Gasteiger partial charge in [0.05, 0.1) is 5.56 Å². The highest BCUT2D eigenvalue weighted by atomic mass is 19.1. The standard InChI is InChI=1S/C25H31FN2O3/c1-3-22(25-11-16-8-17(12-25)10-18(9-16)13-25)27-24(29)23-21(15(2)31-28-23)14-30-20-6-4-19(26)5-7-20/h4-7,16-18,22H,3,8-14H2,1-2H3,(H,27,29). The van der Waals surface area contributed by atoms with Gasteiger partial charge in [-0.15, -0.1) is 0 Å². The van der Waals surface area contributed by atoms with Gasteiger partial charge in [0.25, 0.3) is 5.91 Å². The molecule has 4 saturated carbocycles. The van der Waals surface area contributed by atoms with Gasteiger partial charge in [-0.2, -0.15) is 0 Å². The second-order valence-corrected chi connectivity index (χ2v) is 10.0. The Kier molecular flexibility index (Phi) is 5.27. The molecule has 1 unspecified atom stereocenters. The van der Waals surface area contributed by atoms with E-state index in [1.54, 1.807) is 19.1 Å². The number of aromatic nitrogens is 1. The average Bonchev–Trinajstić information content (AvgIpc) is 3.11. The molecular formula is C25H31FN2O3. The number of hydrogen-bond donors (Lipinski definition) is 1. The lowest BCUT2D eigenvalue weighted by Gasteiger charge is -2.59. The smallest absolute Gasteiger partial charge is 0.274 e. The van der Waals surface area contributed by atoms with Crippen molar-refractivity contribution in [3.8, 4) is 5.75 Å². The van der Waals surface area contributed by atoms with Gasteiger partial charge in [0.1, 0.15) is 23.9 Å². The van der Waals surface area contributed by atoms with Crippen molar-refractivity contribution in [2.24, 2.45) is 23.2 Å². The van der Waals surface area contributed by atoms with Crippen molar-refractivity contribution in [3.63, 3.8) is 0 Å². The van der Waals surface area contributed by atoms with Crippen LogP contribution >= 0.6 is 0 Å². The first kappa shape index (κ1) is 20.5. The van der Waals surface area contributed by atoms with Crippen LogP contribution in [0.1, 0.15) is 73.7 Å². The largest absolute Gasteiger partial charge is 0.489 e. The molecule has 5 nitrogen and oxygen atoms in total. The molecule has 166 valence electrons. The number of amides is 1. The van der Waals surface area contributed by atoms with E-state index in [2.05, 4.69) is 17.4 Å². The third-order valence-corrected chi connectivity index (χ3v) is 7.93. The van der Waals surface area contributed by atoms with Gasteiger partial charge in [-0.1, -0.05) is 12.1 Å².